The number of amides is 1. The van der Waals surface area contributed by atoms with Gasteiger partial charge in [0.1, 0.15) is 12.0 Å². The third-order valence-corrected chi connectivity index (χ3v) is 5.45. The van der Waals surface area contributed by atoms with Crippen molar-refractivity contribution < 1.29 is 19.0 Å². The van der Waals surface area contributed by atoms with Crippen LogP contribution in [0.4, 0.5) is 10.2 Å². The first-order chi connectivity index (χ1) is 16.1. The van der Waals surface area contributed by atoms with Crippen LogP contribution in [0.3, 0.4) is 0 Å². The zero-order valence-electron chi connectivity index (χ0n) is 19.2. The number of hydrogen-bond donors (Lipinski definition) is 3. The lowest BCUT2D eigenvalue weighted by Crippen LogP contribution is -2.17. The predicted octanol–water partition coefficient (Wildman–Crippen LogP) is 4.17. The number of halogens is 2. The summed E-state index contributed by atoms with van der Waals surface area (Å²) in [4.78, 5) is 19.0. The van der Waals surface area contributed by atoms with Gasteiger partial charge in [0.25, 0.3) is 0 Å². The van der Waals surface area contributed by atoms with Crippen molar-refractivity contribution in [3.05, 3.63) is 51.9 Å². The lowest BCUT2D eigenvalue weighted by molar-refractivity contribution is -0.109. The second-order valence-corrected chi connectivity index (χ2v) is 8.06. The zero-order chi connectivity index (χ0) is 23.9. The van der Waals surface area contributed by atoms with Crippen molar-refractivity contribution >= 4 is 23.8 Å². The molecule has 182 valence electrons. The van der Waals surface area contributed by atoms with Crippen molar-refractivity contribution in [1.29, 1.82) is 0 Å². The van der Waals surface area contributed by atoms with E-state index in [0.29, 0.717) is 44.1 Å². The van der Waals surface area contributed by atoms with E-state index in [2.05, 4.69) is 27.5 Å². The Morgan fingerprint density at radius 3 is 2.79 bits per heavy atom. The summed E-state index contributed by atoms with van der Waals surface area (Å²) < 4.78 is 19.2. The molecule has 0 aliphatic carbocycles. The maximum Gasteiger partial charge on any atom is 0.224 e. The van der Waals surface area contributed by atoms with Crippen LogP contribution in [-0.4, -0.2) is 47.8 Å². The minimum Gasteiger partial charge on any atom is -0.393 e. The highest BCUT2D eigenvalue weighted by Gasteiger charge is 2.13. The van der Waals surface area contributed by atoms with Gasteiger partial charge in [-0.25, -0.2) is 14.4 Å². The van der Waals surface area contributed by atoms with E-state index >= 15 is 0 Å². The standard InChI is InChI=1S/C24H34ClFN4O3/c1-2-20-22(10-5-3-4-6-12-33-13-11-27-17-32)29-24(25)30-23(20)28-15-18-8-7-9-19(14-18)21(26)16-31/h7-9,14,17,21,31H,2-6,10-13,15-16H2,1H3,(H,27,32)(H,28,29,30). The smallest absolute Gasteiger partial charge is 0.224 e. The molecule has 1 aromatic carbocycles. The maximum atomic E-state index is 13.8. The molecule has 0 aliphatic rings. The van der Waals surface area contributed by atoms with Crippen molar-refractivity contribution in [3.63, 3.8) is 0 Å². The van der Waals surface area contributed by atoms with E-state index in [1.54, 1.807) is 18.2 Å². The Bertz CT molecular complexity index is 856. The van der Waals surface area contributed by atoms with Gasteiger partial charge in [-0.3, -0.25) is 4.79 Å². The Kier molecular flexibility index (Phi) is 12.7. The lowest BCUT2D eigenvalue weighted by Gasteiger charge is -2.15. The molecule has 1 atom stereocenters. The van der Waals surface area contributed by atoms with Crippen LogP contribution in [0.25, 0.3) is 0 Å². The molecule has 3 N–H and O–H groups in total. The summed E-state index contributed by atoms with van der Waals surface area (Å²) in [5.41, 5.74) is 3.34. The van der Waals surface area contributed by atoms with Crippen molar-refractivity contribution in [3.8, 4) is 0 Å². The average Bonchev–Trinajstić information content (AvgIpc) is 2.83. The number of nitrogens with zero attached hydrogens (tertiary/aromatic N) is 2. The number of carbonyl (C=O) groups is 1. The quantitative estimate of drug-likeness (QED) is 0.179. The summed E-state index contributed by atoms with van der Waals surface area (Å²) >= 11 is 6.20. The number of carbonyl (C=O) groups excluding carboxylic acids is 1. The molecule has 1 amide bonds. The number of nitrogens with one attached hydrogen (secondary N) is 2. The summed E-state index contributed by atoms with van der Waals surface area (Å²) in [7, 11) is 0. The number of hydrogen-bond acceptors (Lipinski definition) is 6. The van der Waals surface area contributed by atoms with Crippen LogP contribution < -0.4 is 10.6 Å². The Labute approximate surface area is 200 Å². The Hall–Kier alpha value is -2.29. The fraction of sp³-hybridized carbons (Fsp3) is 0.542. The number of aromatic nitrogens is 2. The molecular formula is C24H34ClFN4O3. The van der Waals surface area contributed by atoms with Crippen LogP contribution in [0, 0.1) is 0 Å². The topological polar surface area (TPSA) is 96.4 Å². The second kappa shape index (κ2) is 15.5. The van der Waals surface area contributed by atoms with Gasteiger partial charge in [0.15, 0.2) is 0 Å². The normalized spacial score (nSPS) is 11.9. The number of rotatable bonds is 17. The molecule has 7 nitrogen and oxygen atoms in total. The SMILES string of the molecule is CCc1c(CCCCCCOCCNC=O)nc(Cl)nc1NCc1cccc(C(F)CO)c1. The molecule has 0 aliphatic heterocycles. The molecule has 33 heavy (non-hydrogen) atoms. The number of aliphatic hydroxyl groups is 1. The molecule has 0 saturated heterocycles. The van der Waals surface area contributed by atoms with Crippen LogP contribution in [0.15, 0.2) is 24.3 Å². The Balaban J connectivity index is 1.86. The molecule has 0 fully saturated rings. The van der Waals surface area contributed by atoms with Gasteiger partial charge in [0.2, 0.25) is 11.7 Å². The Morgan fingerprint density at radius 1 is 1.21 bits per heavy atom. The molecule has 9 heteroatoms. The van der Waals surface area contributed by atoms with Crippen molar-refractivity contribution in [2.45, 2.75) is 58.2 Å². The molecule has 1 heterocycles. The first kappa shape index (κ1) is 27.0. The monoisotopic (exact) mass is 480 g/mol. The molecule has 1 aromatic heterocycles. The minimum atomic E-state index is -1.39. The number of aryl methyl sites for hydroxylation is 1. The first-order valence-electron chi connectivity index (χ1n) is 11.5. The van der Waals surface area contributed by atoms with E-state index in [1.807, 2.05) is 6.07 Å². The van der Waals surface area contributed by atoms with Crippen LogP contribution in [0.5, 0.6) is 0 Å². The van der Waals surface area contributed by atoms with E-state index in [9.17, 15) is 9.18 Å². The molecule has 2 rings (SSSR count). The minimum absolute atomic E-state index is 0.208. The molecule has 1 unspecified atom stereocenters. The van der Waals surface area contributed by atoms with Gasteiger partial charge in [-0.15, -0.1) is 0 Å². The molecule has 2 aromatic rings. The third-order valence-electron chi connectivity index (χ3n) is 5.28. The second-order valence-electron chi connectivity index (χ2n) is 7.72. The van der Waals surface area contributed by atoms with E-state index in [-0.39, 0.29) is 5.28 Å². The van der Waals surface area contributed by atoms with E-state index in [4.69, 9.17) is 21.4 Å². The highest BCUT2D eigenvalue weighted by molar-refractivity contribution is 6.28. The number of benzene rings is 1. The van der Waals surface area contributed by atoms with Crippen LogP contribution in [0.2, 0.25) is 5.28 Å². The third kappa shape index (κ3) is 9.61. The first-order valence-corrected chi connectivity index (χ1v) is 11.8. The number of anilines is 1. The predicted molar refractivity (Wildman–Crippen MR) is 128 cm³/mol. The van der Waals surface area contributed by atoms with Gasteiger partial charge in [-0.2, -0.15) is 0 Å². The van der Waals surface area contributed by atoms with E-state index in [1.165, 1.54) is 0 Å². The molecule has 0 spiro atoms. The summed E-state index contributed by atoms with van der Waals surface area (Å²) in [5, 5.41) is 15.1. The number of unbranched alkanes of at least 4 members (excludes halogenated alkanes) is 3. The average molecular weight is 481 g/mol. The maximum absolute atomic E-state index is 13.8. The van der Waals surface area contributed by atoms with Crippen molar-refractivity contribution in [1.82, 2.24) is 15.3 Å². The zero-order valence-corrected chi connectivity index (χ0v) is 19.9. The summed E-state index contributed by atoms with van der Waals surface area (Å²) in [6.45, 7) is 3.76. The van der Waals surface area contributed by atoms with Crippen molar-refractivity contribution in [2.75, 3.05) is 31.7 Å². The number of aliphatic hydroxyl groups excluding tert-OH is 1. The summed E-state index contributed by atoms with van der Waals surface area (Å²) in [6, 6.07) is 7.09. The number of ether oxygens (including phenoxy) is 1. The highest BCUT2D eigenvalue weighted by atomic mass is 35.5. The van der Waals surface area contributed by atoms with Crippen LogP contribution in [-0.2, 0) is 28.9 Å². The van der Waals surface area contributed by atoms with Gasteiger partial charge < -0.3 is 20.5 Å². The molecular weight excluding hydrogens is 447 g/mol. The van der Waals surface area contributed by atoms with Crippen molar-refractivity contribution in [2.24, 2.45) is 0 Å². The van der Waals surface area contributed by atoms with Gasteiger partial charge >= 0.3 is 0 Å². The molecule has 0 saturated carbocycles. The van der Waals surface area contributed by atoms with Crippen LogP contribution in [0.1, 0.15) is 61.2 Å². The molecule has 0 radical (unpaired) electrons. The van der Waals surface area contributed by atoms with Gasteiger partial charge in [0.05, 0.1) is 18.9 Å². The van der Waals surface area contributed by atoms with Gasteiger partial charge in [-0.05, 0) is 48.4 Å². The summed E-state index contributed by atoms with van der Waals surface area (Å²) in [5.74, 6) is 0.703. The Morgan fingerprint density at radius 2 is 2.03 bits per heavy atom. The number of alkyl halides is 1. The van der Waals surface area contributed by atoms with Gasteiger partial charge in [-0.1, -0.05) is 44.0 Å². The fourth-order valence-electron chi connectivity index (χ4n) is 3.56. The fourth-order valence-corrected chi connectivity index (χ4v) is 3.74. The summed E-state index contributed by atoms with van der Waals surface area (Å²) in [6.07, 6.45) is 4.97. The highest BCUT2D eigenvalue weighted by Crippen LogP contribution is 2.23. The van der Waals surface area contributed by atoms with Crippen LogP contribution >= 0.6 is 11.6 Å². The largest absolute Gasteiger partial charge is 0.393 e. The van der Waals surface area contributed by atoms with Gasteiger partial charge in [0, 0.05) is 25.3 Å². The van der Waals surface area contributed by atoms with E-state index < -0.39 is 12.8 Å². The molecule has 0 bridgehead atoms. The van der Waals surface area contributed by atoms with E-state index in [0.717, 1.165) is 55.3 Å². The lowest BCUT2D eigenvalue weighted by atomic mass is 10.0.